The zero-order valence-electron chi connectivity index (χ0n) is 16.8. The van der Waals surface area contributed by atoms with Gasteiger partial charge in [0.1, 0.15) is 17.7 Å². The number of sulfonamides is 1. The number of halogens is 2. The fraction of sp³-hybridized carbons (Fsp3) is 0.211. The molecule has 0 radical (unpaired) electrons. The Hall–Kier alpha value is -3.72. The number of pyridine rings is 1. The number of nitrogens with zero attached hydrogens (tertiary/aromatic N) is 3. The number of aromatic amines is 1. The molecule has 3 aromatic rings. The Morgan fingerprint density at radius 3 is 2.52 bits per heavy atom. The highest BCUT2D eigenvalue weighted by atomic mass is 32.2. The van der Waals surface area contributed by atoms with Crippen LogP contribution in [0.3, 0.4) is 0 Å². The molecule has 1 aromatic carbocycles. The third-order valence-corrected chi connectivity index (χ3v) is 4.78. The summed E-state index contributed by atoms with van der Waals surface area (Å²) >= 11 is 0. The van der Waals surface area contributed by atoms with E-state index in [1.807, 2.05) is 6.07 Å². The first kappa shape index (κ1) is 22.0. The summed E-state index contributed by atoms with van der Waals surface area (Å²) in [5, 5.41) is 21.7. The van der Waals surface area contributed by atoms with Crippen molar-refractivity contribution in [1.29, 1.82) is 5.26 Å². The predicted octanol–water partition coefficient (Wildman–Crippen LogP) is 3.55. The second-order valence-electron chi connectivity index (χ2n) is 6.87. The molecule has 0 amide bonds. The SMILES string of the molecule is Cc1cc(Nc2nc(N[C@H](C)c3ccc(F)c(NS(C)(=O)=O)c3)c(C#N)cc2F)n[nH]1. The molecular formula is C19H19F2N7O2S. The Labute approximate surface area is 177 Å². The monoisotopic (exact) mass is 447 g/mol. The van der Waals surface area contributed by atoms with Gasteiger partial charge in [-0.2, -0.15) is 10.4 Å². The highest BCUT2D eigenvalue weighted by Gasteiger charge is 2.17. The lowest BCUT2D eigenvalue weighted by atomic mass is 10.1. The number of aryl methyl sites for hydroxylation is 1. The predicted molar refractivity (Wildman–Crippen MR) is 112 cm³/mol. The Morgan fingerprint density at radius 1 is 1.16 bits per heavy atom. The number of nitriles is 1. The van der Waals surface area contributed by atoms with Crippen LogP contribution in [0.4, 0.5) is 31.9 Å². The van der Waals surface area contributed by atoms with E-state index in [0.29, 0.717) is 11.4 Å². The van der Waals surface area contributed by atoms with Crippen LogP contribution in [0.5, 0.6) is 0 Å². The molecule has 12 heteroatoms. The normalized spacial score (nSPS) is 12.1. The van der Waals surface area contributed by atoms with Crippen molar-refractivity contribution in [3.63, 3.8) is 0 Å². The van der Waals surface area contributed by atoms with Crippen LogP contribution in [0.25, 0.3) is 0 Å². The third kappa shape index (κ3) is 5.46. The minimum Gasteiger partial charge on any atom is -0.362 e. The number of anilines is 4. The van der Waals surface area contributed by atoms with E-state index < -0.39 is 27.7 Å². The van der Waals surface area contributed by atoms with Gasteiger partial charge in [-0.05, 0) is 37.6 Å². The molecule has 4 N–H and O–H groups in total. The van der Waals surface area contributed by atoms with Crippen LogP contribution in [0, 0.1) is 29.9 Å². The van der Waals surface area contributed by atoms with Crippen LogP contribution in [0.15, 0.2) is 30.3 Å². The van der Waals surface area contributed by atoms with E-state index >= 15 is 0 Å². The molecule has 0 saturated heterocycles. The topological polar surface area (TPSA) is 136 Å². The molecule has 2 heterocycles. The smallest absolute Gasteiger partial charge is 0.229 e. The van der Waals surface area contributed by atoms with Gasteiger partial charge in [0.25, 0.3) is 0 Å². The molecule has 0 fully saturated rings. The first-order valence-electron chi connectivity index (χ1n) is 8.99. The molecule has 0 aliphatic heterocycles. The maximum absolute atomic E-state index is 14.4. The van der Waals surface area contributed by atoms with Gasteiger partial charge in [-0.1, -0.05) is 6.07 Å². The summed E-state index contributed by atoms with van der Waals surface area (Å²) in [6, 6.07) is 7.95. The Bertz CT molecular complexity index is 1270. The Morgan fingerprint density at radius 2 is 1.90 bits per heavy atom. The number of aromatic nitrogens is 3. The summed E-state index contributed by atoms with van der Waals surface area (Å²) in [6.07, 6.45) is 0.914. The summed E-state index contributed by atoms with van der Waals surface area (Å²) in [4.78, 5) is 4.15. The lowest BCUT2D eigenvalue weighted by Crippen LogP contribution is -2.14. The lowest BCUT2D eigenvalue weighted by molar-refractivity contribution is 0.603. The number of rotatable bonds is 7. The van der Waals surface area contributed by atoms with Crippen LogP contribution in [0.1, 0.15) is 29.8 Å². The maximum Gasteiger partial charge on any atom is 0.229 e. The summed E-state index contributed by atoms with van der Waals surface area (Å²) in [7, 11) is -3.67. The second-order valence-corrected chi connectivity index (χ2v) is 8.62. The second kappa shape index (κ2) is 8.57. The lowest BCUT2D eigenvalue weighted by Gasteiger charge is -2.18. The summed E-state index contributed by atoms with van der Waals surface area (Å²) < 4.78 is 53.3. The van der Waals surface area contributed by atoms with Gasteiger partial charge in [0, 0.05) is 11.8 Å². The summed E-state index contributed by atoms with van der Waals surface area (Å²) in [5.41, 5.74) is 1.03. The minimum absolute atomic E-state index is 0.0373. The molecule has 0 aliphatic carbocycles. The number of hydrogen-bond acceptors (Lipinski definition) is 7. The van der Waals surface area contributed by atoms with Crippen molar-refractivity contribution in [2.75, 3.05) is 21.6 Å². The molecule has 0 unspecified atom stereocenters. The maximum atomic E-state index is 14.4. The van der Waals surface area contributed by atoms with E-state index in [-0.39, 0.29) is 22.9 Å². The molecule has 0 saturated carbocycles. The van der Waals surface area contributed by atoms with Crippen LogP contribution in [-0.4, -0.2) is 29.9 Å². The van der Waals surface area contributed by atoms with E-state index in [1.54, 1.807) is 19.9 Å². The zero-order chi connectivity index (χ0) is 22.8. The minimum atomic E-state index is -3.67. The quantitative estimate of drug-likeness (QED) is 0.435. The van der Waals surface area contributed by atoms with Crippen LogP contribution >= 0.6 is 0 Å². The summed E-state index contributed by atoms with van der Waals surface area (Å²) in [5.74, 6) is -1.17. The van der Waals surface area contributed by atoms with Gasteiger partial charge in [0.05, 0.1) is 23.5 Å². The van der Waals surface area contributed by atoms with Gasteiger partial charge >= 0.3 is 0 Å². The van der Waals surface area contributed by atoms with Crippen molar-refractivity contribution in [2.24, 2.45) is 0 Å². The fourth-order valence-electron chi connectivity index (χ4n) is 2.75. The number of benzene rings is 1. The highest BCUT2D eigenvalue weighted by molar-refractivity contribution is 7.92. The number of H-pyrrole nitrogens is 1. The van der Waals surface area contributed by atoms with E-state index in [9.17, 15) is 22.5 Å². The molecule has 0 bridgehead atoms. The van der Waals surface area contributed by atoms with Gasteiger partial charge in [0.2, 0.25) is 10.0 Å². The Balaban J connectivity index is 1.90. The Kier molecular flexibility index (Phi) is 6.07. The largest absolute Gasteiger partial charge is 0.362 e. The molecule has 0 spiro atoms. The van der Waals surface area contributed by atoms with Crippen molar-refractivity contribution in [3.8, 4) is 6.07 Å². The third-order valence-electron chi connectivity index (χ3n) is 4.19. The van der Waals surface area contributed by atoms with Crippen LogP contribution < -0.4 is 15.4 Å². The van der Waals surface area contributed by atoms with Gasteiger partial charge < -0.3 is 10.6 Å². The zero-order valence-corrected chi connectivity index (χ0v) is 17.6. The molecule has 162 valence electrons. The van der Waals surface area contributed by atoms with Crippen LogP contribution in [-0.2, 0) is 10.0 Å². The van der Waals surface area contributed by atoms with Gasteiger partial charge in [-0.15, -0.1) is 0 Å². The molecule has 9 nitrogen and oxygen atoms in total. The van der Waals surface area contributed by atoms with Gasteiger partial charge in [-0.3, -0.25) is 9.82 Å². The fourth-order valence-corrected chi connectivity index (χ4v) is 3.31. The van der Waals surface area contributed by atoms with Crippen molar-refractivity contribution in [3.05, 3.63) is 58.8 Å². The molecule has 0 aliphatic rings. The molecule has 2 aromatic heterocycles. The molecule has 31 heavy (non-hydrogen) atoms. The highest BCUT2D eigenvalue weighted by Crippen LogP contribution is 2.28. The van der Waals surface area contributed by atoms with E-state index in [0.717, 1.165) is 24.1 Å². The number of hydrogen-bond donors (Lipinski definition) is 4. The summed E-state index contributed by atoms with van der Waals surface area (Å²) in [6.45, 7) is 3.48. The number of nitrogens with one attached hydrogen (secondary N) is 4. The average Bonchev–Trinajstić information content (AvgIpc) is 3.09. The van der Waals surface area contributed by atoms with Crippen molar-refractivity contribution in [1.82, 2.24) is 15.2 Å². The molecular weight excluding hydrogens is 428 g/mol. The van der Waals surface area contributed by atoms with Crippen molar-refractivity contribution < 1.29 is 17.2 Å². The first-order valence-corrected chi connectivity index (χ1v) is 10.9. The van der Waals surface area contributed by atoms with Gasteiger partial charge in [-0.25, -0.2) is 22.2 Å². The van der Waals surface area contributed by atoms with E-state index in [2.05, 4.69) is 30.5 Å². The van der Waals surface area contributed by atoms with Crippen LogP contribution in [0.2, 0.25) is 0 Å². The molecule has 1 atom stereocenters. The van der Waals surface area contributed by atoms with E-state index in [4.69, 9.17) is 0 Å². The molecule has 3 rings (SSSR count). The van der Waals surface area contributed by atoms with Crippen molar-refractivity contribution >= 4 is 33.2 Å². The van der Waals surface area contributed by atoms with Gasteiger partial charge in [0.15, 0.2) is 17.5 Å². The first-order chi connectivity index (χ1) is 14.6. The standard InChI is InChI=1S/C19H19F2N7O2S/c1-10-6-17(27-26-10)24-19-15(21)7-13(9-22)18(25-19)23-11(2)12-4-5-14(20)16(8-12)28-31(3,29)30/h4-8,11,28H,1-3H3,(H3,23,24,25,26,27)/t11-/m1/s1. The van der Waals surface area contributed by atoms with E-state index in [1.165, 1.54) is 12.1 Å². The average molecular weight is 447 g/mol. The van der Waals surface area contributed by atoms with Crippen molar-refractivity contribution in [2.45, 2.75) is 19.9 Å².